The molecule has 0 rings (SSSR count). The molecule has 0 aliphatic rings. The molecule has 42 valence electrons. The third-order valence-corrected chi connectivity index (χ3v) is 1.21. The predicted molar refractivity (Wildman–Crippen MR) is 34.5 cm³/mol. The molecule has 0 fully saturated rings. The summed E-state index contributed by atoms with van der Waals surface area (Å²) in [6.45, 7) is 4.07. The molecule has 0 heterocycles. The highest BCUT2D eigenvalue weighted by Gasteiger charge is 1.82. The molecule has 0 radical (unpaired) electrons. The van der Waals surface area contributed by atoms with E-state index < -0.39 is 0 Å². The van der Waals surface area contributed by atoms with Crippen molar-refractivity contribution in [2.24, 2.45) is 0 Å². The van der Waals surface area contributed by atoms with E-state index in [0.717, 1.165) is 17.9 Å². The molecule has 0 amide bonds. The highest BCUT2D eigenvalue weighted by Crippen LogP contribution is 2.07. The number of hydrogen-bond donors (Lipinski definition) is 0. The van der Waals surface area contributed by atoms with Gasteiger partial charge in [0.15, 0.2) is 0 Å². The molecule has 0 saturated heterocycles. The molecule has 0 spiro atoms. The molecule has 0 saturated carbocycles. The molecule has 0 aliphatic heterocycles. The van der Waals surface area contributed by atoms with E-state index in [1.165, 1.54) is 0 Å². The average molecular weight is 119 g/mol. The Hall–Kier alpha value is 0.0300. The van der Waals surface area contributed by atoms with Crippen molar-refractivity contribution in [1.82, 2.24) is 0 Å². The van der Waals surface area contributed by atoms with Gasteiger partial charge in [-0.15, -0.1) is 0 Å². The number of rotatable bonds is 2. The molecule has 0 atom stereocenters. The van der Waals surface area contributed by atoms with Gasteiger partial charge in [0.1, 0.15) is 0 Å². The van der Waals surface area contributed by atoms with Crippen molar-refractivity contribution in [2.75, 3.05) is 0 Å². The van der Waals surface area contributed by atoms with Crippen molar-refractivity contribution in [1.29, 1.82) is 0 Å². The van der Waals surface area contributed by atoms with Crippen LogP contribution >= 0.6 is 11.6 Å². The Labute approximate surface area is 50.2 Å². The van der Waals surface area contributed by atoms with Crippen LogP contribution in [0.1, 0.15) is 26.7 Å². The molecule has 0 aromatic carbocycles. The summed E-state index contributed by atoms with van der Waals surface area (Å²) in [5.74, 6) is 0. The maximum atomic E-state index is 5.63. The van der Waals surface area contributed by atoms with Crippen LogP contribution < -0.4 is 0 Å². The molecular formula is C6H11Cl. The van der Waals surface area contributed by atoms with Crippen molar-refractivity contribution >= 4 is 11.6 Å². The first-order valence-electron chi connectivity index (χ1n) is 2.62. The van der Waals surface area contributed by atoms with Crippen molar-refractivity contribution < 1.29 is 0 Å². The second-order valence-corrected chi connectivity index (χ2v) is 1.97. The van der Waals surface area contributed by atoms with E-state index in [4.69, 9.17) is 11.6 Å². The van der Waals surface area contributed by atoms with Crippen molar-refractivity contribution in [3.05, 3.63) is 11.1 Å². The van der Waals surface area contributed by atoms with Gasteiger partial charge in [-0.05, 0) is 13.3 Å². The first kappa shape index (κ1) is 7.03. The van der Waals surface area contributed by atoms with Gasteiger partial charge in [0.25, 0.3) is 0 Å². The van der Waals surface area contributed by atoms with Gasteiger partial charge in [-0.1, -0.05) is 31.0 Å². The highest BCUT2D eigenvalue weighted by atomic mass is 35.5. The van der Waals surface area contributed by atoms with Gasteiger partial charge >= 0.3 is 0 Å². The van der Waals surface area contributed by atoms with Gasteiger partial charge in [-0.3, -0.25) is 0 Å². The Kier molecular flexibility index (Phi) is 4.21. The second kappa shape index (κ2) is 4.20. The van der Waals surface area contributed by atoms with Gasteiger partial charge in [-0.2, -0.15) is 0 Å². The minimum atomic E-state index is 0.975. The number of halogens is 1. The van der Waals surface area contributed by atoms with E-state index >= 15 is 0 Å². The first-order chi connectivity index (χ1) is 3.31. The van der Waals surface area contributed by atoms with Gasteiger partial charge in [-0.25, -0.2) is 0 Å². The van der Waals surface area contributed by atoms with Crippen LogP contribution in [0.15, 0.2) is 11.1 Å². The standard InChI is InChI=1S/C6H11Cl/c1-3-5-6(7)4-2/h4H,3,5H2,1-2H3/b6-4+. The third kappa shape index (κ3) is 3.87. The monoisotopic (exact) mass is 118 g/mol. The summed E-state index contributed by atoms with van der Waals surface area (Å²) < 4.78 is 0. The van der Waals surface area contributed by atoms with E-state index in [2.05, 4.69) is 6.92 Å². The Bertz CT molecular complexity index is 64.6. The minimum absolute atomic E-state index is 0.975. The minimum Gasteiger partial charge on any atom is -0.0895 e. The summed E-state index contributed by atoms with van der Waals surface area (Å²) in [5.41, 5.74) is 0. The fourth-order valence-corrected chi connectivity index (χ4v) is 0.572. The van der Waals surface area contributed by atoms with Crippen molar-refractivity contribution in [3.8, 4) is 0 Å². The number of hydrogen-bond acceptors (Lipinski definition) is 0. The molecule has 0 aromatic heterocycles. The zero-order valence-electron chi connectivity index (χ0n) is 4.87. The number of allylic oxidation sites excluding steroid dienone is 2. The fourth-order valence-electron chi connectivity index (χ4n) is 0.383. The third-order valence-electron chi connectivity index (χ3n) is 0.802. The molecule has 7 heavy (non-hydrogen) atoms. The van der Waals surface area contributed by atoms with E-state index in [1.807, 2.05) is 13.0 Å². The van der Waals surface area contributed by atoms with Crippen LogP contribution in [0.5, 0.6) is 0 Å². The lowest BCUT2D eigenvalue weighted by Gasteiger charge is -1.88. The second-order valence-electron chi connectivity index (χ2n) is 1.49. The zero-order chi connectivity index (χ0) is 5.70. The summed E-state index contributed by atoms with van der Waals surface area (Å²) in [5, 5.41) is 0.975. The van der Waals surface area contributed by atoms with E-state index in [-0.39, 0.29) is 0 Å². The van der Waals surface area contributed by atoms with Crippen LogP contribution in [0, 0.1) is 0 Å². The normalized spacial score (nSPS) is 12.1. The van der Waals surface area contributed by atoms with Gasteiger partial charge in [0, 0.05) is 5.03 Å². The quantitative estimate of drug-likeness (QED) is 0.523. The van der Waals surface area contributed by atoms with E-state index in [9.17, 15) is 0 Å². The fraction of sp³-hybridized carbons (Fsp3) is 0.667. The Morgan fingerprint density at radius 3 is 2.43 bits per heavy atom. The zero-order valence-corrected chi connectivity index (χ0v) is 5.63. The maximum Gasteiger partial charge on any atom is 0.0138 e. The maximum absolute atomic E-state index is 5.63. The Morgan fingerprint density at radius 2 is 2.29 bits per heavy atom. The van der Waals surface area contributed by atoms with Crippen LogP contribution in [-0.2, 0) is 0 Å². The van der Waals surface area contributed by atoms with Crippen LogP contribution in [0.25, 0.3) is 0 Å². The van der Waals surface area contributed by atoms with Crippen LogP contribution in [-0.4, -0.2) is 0 Å². The van der Waals surface area contributed by atoms with Crippen LogP contribution in [0.4, 0.5) is 0 Å². The Balaban J connectivity index is 3.17. The molecule has 0 aromatic rings. The molecule has 0 unspecified atom stereocenters. The lowest BCUT2D eigenvalue weighted by Crippen LogP contribution is -1.66. The molecule has 0 aliphatic carbocycles. The van der Waals surface area contributed by atoms with Crippen LogP contribution in [0.2, 0.25) is 0 Å². The van der Waals surface area contributed by atoms with Gasteiger partial charge in [0.2, 0.25) is 0 Å². The Morgan fingerprint density at radius 1 is 1.71 bits per heavy atom. The summed E-state index contributed by atoms with van der Waals surface area (Å²) in [6, 6.07) is 0. The van der Waals surface area contributed by atoms with E-state index in [1.54, 1.807) is 0 Å². The molecule has 0 nitrogen and oxygen atoms in total. The predicted octanol–water partition coefficient (Wildman–Crippen LogP) is 2.93. The lowest BCUT2D eigenvalue weighted by atomic mass is 10.3. The van der Waals surface area contributed by atoms with Crippen molar-refractivity contribution in [3.63, 3.8) is 0 Å². The molecule has 1 heteroatoms. The SMILES string of the molecule is C/C=C(/Cl)CCC. The van der Waals surface area contributed by atoms with Gasteiger partial charge in [0.05, 0.1) is 0 Å². The summed E-state index contributed by atoms with van der Waals surface area (Å²) in [6.07, 6.45) is 4.10. The molecule has 0 N–H and O–H groups in total. The first-order valence-corrected chi connectivity index (χ1v) is 2.99. The summed E-state index contributed by atoms with van der Waals surface area (Å²) in [4.78, 5) is 0. The summed E-state index contributed by atoms with van der Waals surface area (Å²) >= 11 is 5.63. The largest absolute Gasteiger partial charge is 0.0895 e. The average Bonchev–Trinajstić information content (AvgIpc) is 1.68. The summed E-state index contributed by atoms with van der Waals surface area (Å²) in [7, 11) is 0. The van der Waals surface area contributed by atoms with Gasteiger partial charge < -0.3 is 0 Å². The van der Waals surface area contributed by atoms with Crippen LogP contribution in [0.3, 0.4) is 0 Å². The van der Waals surface area contributed by atoms with E-state index in [0.29, 0.717) is 0 Å². The molecule has 0 bridgehead atoms. The smallest absolute Gasteiger partial charge is 0.0138 e. The topological polar surface area (TPSA) is 0 Å². The lowest BCUT2D eigenvalue weighted by molar-refractivity contribution is 0.943. The van der Waals surface area contributed by atoms with Crippen molar-refractivity contribution in [2.45, 2.75) is 26.7 Å². The highest BCUT2D eigenvalue weighted by molar-refractivity contribution is 6.29. The molecular weight excluding hydrogens is 108 g/mol.